The van der Waals surface area contributed by atoms with Crippen LogP contribution in [0, 0.1) is 6.92 Å². The van der Waals surface area contributed by atoms with Crippen LogP contribution in [0.4, 0.5) is 5.69 Å². The molecule has 2 heterocycles. The highest BCUT2D eigenvalue weighted by molar-refractivity contribution is 9.10. The van der Waals surface area contributed by atoms with Gasteiger partial charge in [-0.05, 0) is 45.4 Å². The Morgan fingerprint density at radius 1 is 1.30 bits per heavy atom. The largest absolute Gasteiger partial charge is 0.398 e. The minimum atomic E-state index is 0.611. The Bertz CT molecular complexity index is 774. The number of tetrazole rings is 1. The number of hydrogen-bond donors (Lipinski definition) is 1. The normalized spacial score (nSPS) is 10.9. The van der Waals surface area contributed by atoms with Crippen LogP contribution >= 0.6 is 15.9 Å². The van der Waals surface area contributed by atoms with Gasteiger partial charge in [0, 0.05) is 18.3 Å². The molecule has 0 atom stereocenters. The number of rotatable bonds is 2. The van der Waals surface area contributed by atoms with Crippen LogP contribution in [-0.4, -0.2) is 30.0 Å². The maximum atomic E-state index is 5.91. The first-order valence-electron chi connectivity index (χ1n) is 5.91. The first-order chi connectivity index (χ1) is 9.58. The predicted octanol–water partition coefficient (Wildman–Crippen LogP) is 1.72. The van der Waals surface area contributed by atoms with Crippen molar-refractivity contribution in [2.75, 3.05) is 5.73 Å². The number of aromatic nitrogens is 6. The summed E-state index contributed by atoms with van der Waals surface area (Å²) in [5.41, 5.74) is 9.06. The summed E-state index contributed by atoms with van der Waals surface area (Å²) >= 11 is 3.48. The van der Waals surface area contributed by atoms with E-state index in [1.807, 2.05) is 38.4 Å². The molecule has 0 amide bonds. The van der Waals surface area contributed by atoms with Crippen LogP contribution in [0.25, 0.3) is 17.1 Å². The molecule has 0 aliphatic carbocycles. The quantitative estimate of drug-likeness (QED) is 0.721. The van der Waals surface area contributed by atoms with E-state index >= 15 is 0 Å². The number of nitrogen functional groups attached to an aromatic ring is 1. The van der Waals surface area contributed by atoms with Crippen LogP contribution in [0.15, 0.2) is 28.9 Å². The zero-order chi connectivity index (χ0) is 14.3. The molecule has 0 aliphatic heterocycles. The fraction of sp³-hybridized carbons (Fsp3) is 0.167. The van der Waals surface area contributed by atoms with Crippen molar-refractivity contribution in [2.24, 2.45) is 7.05 Å². The third kappa shape index (κ3) is 1.97. The van der Waals surface area contributed by atoms with Crippen molar-refractivity contribution in [3.63, 3.8) is 0 Å². The lowest BCUT2D eigenvalue weighted by atomic mass is 10.2. The van der Waals surface area contributed by atoms with Crippen LogP contribution in [0.2, 0.25) is 0 Å². The van der Waals surface area contributed by atoms with Crippen LogP contribution < -0.4 is 5.73 Å². The van der Waals surface area contributed by atoms with E-state index in [1.54, 1.807) is 9.36 Å². The summed E-state index contributed by atoms with van der Waals surface area (Å²) in [5.74, 6) is 0.611. The van der Waals surface area contributed by atoms with E-state index in [0.29, 0.717) is 11.5 Å². The van der Waals surface area contributed by atoms with E-state index in [9.17, 15) is 0 Å². The van der Waals surface area contributed by atoms with Crippen LogP contribution in [0.1, 0.15) is 5.69 Å². The van der Waals surface area contributed by atoms with Gasteiger partial charge in [0.05, 0.1) is 16.4 Å². The lowest BCUT2D eigenvalue weighted by molar-refractivity contribution is 0.755. The molecule has 0 aliphatic rings. The Morgan fingerprint density at radius 3 is 2.80 bits per heavy atom. The summed E-state index contributed by atoms with van der Waals surface area (Å²) in [6.07, 6.45) is 1.87. The lowest BCUT2D eigenvalue weighted by Crippen LogP contribution is -2.01. The molecule has 1 aromatic carbocycles. The SMILES string of the molecule is Cc1nn(C)cc1-n1nnnc1-c1cccc(N)c1Br. The highest BCUT2D eigenvalue weighted by atomic mass is 79.9. The molecule has 3 rings (SSSR count). The van der Waals surface area contributed by atoms with Crippen molar-refractivity contribution in [1.29, 1.82) is 0 Å². The molecule has 0 saturated heterocycles. The minimum absolute atomic E-state index is 0.611. The van der Waals surface area contributed by atoms with E-state index in [2.05, 4.69) is 36.6 Å². The van der Waals surface area contributed by atoms with Crippen LogP contribution in [0.3, 0.4) is 0 Å². The summed E-state index contributed by atoms with van der Waals surface area (Å²) < 4.78 is 4.16. The molecule has 0 spiro atoms. The van der Waals surface area contributed by atoms with Crippen molar-refractivity contribution < 1.29 is 0 Å². The van der Waals surface area contributed by atoms with Gasteiger partial charge in [0.15, 0.2) is 5.82 Å². The maximum absolute atomic E-state index is 5.91. The van der Waals surface area contributed by atoms with Gasteiger partial charge in [0.1, 0.15) is 5.69 Å². The zero-order valence-corrected chi connectivity index (χ0v) is 12.5. The molecular weight excluding hydrogens is 322 g/mol. The fourth-order valence-electron chi connectivity index (χ4n) is 2.03. The van der Waals surface area contributed by atoms with Crippen molar-refractivity contribution in [1.82, 2.24) is 30.0 Å². The summed E-state index contributed by atoms with van der Waals surface area (Å²) in [5, 5.41) is 16.2. The van der Waals surface area contributed by atoms with Gasteiger partial charge >= 0.3 is 0 Å². The number of aryl methyl sites for hydroxylation is 2. The topological polar surface area (TPSA) is 87.4 Å². The fourth-order valence-corrected chi connectivity index (χ4v) is 2.48. The Morgan fingerprint density at radius 2 is 2.10 bits per heavy atom. The lowest BCUT2D eigenvalue weighted by Gasteiger charge is -2.06. The van der Waals surface area contributed by atoms with Crippen LogP contribution in [0.5, 0.6) is 0 Å². The average molecular weight is 334 g/mol. The Kier molecular flexibility index (Phi) is 3.01. The molecule has 20 heavy (non-hydrogen) atoms. The molecule has 0 bridgehead atoms. The number of nitrogens with two attached hydrogens (primary N) is 1. The molecule has 2 aromatic heterocycles. The highest BCUT2D eigenvalue weighted by Gasteiger charge is 2.17. The summed E-state index contributed by atoms with van der Waals surface area (Å²) in [6.45, 7) is 1.91. The number of anilines is 1. The van der Waals surface area contributed by atoms with Crippen molar-refractivity contribution in [3.05, 3.63) is 34.6 Å². The zero-order valence-electron chi connectivity index (χ0n) is 10.9. The third-order valence-electron chi connectivity index (χ3n) is 2.95. The number of benzene rings is 1. The number of halogens is 1. The van der Waals surface area contributed by atoms with Gasteiger partial charge < -0.3 is 5.73 Å². The van der Waals surface area contributed by atoms with Crippen LogP contribution in [-0.2, 0) is 7.05 Å². The second-order valence-corrected chi connectivity index (χ2v) is 5.19. The Balaban J connectivity index is 2.20. The third-order valence-corrected chi connectivity index (χ3v) is 3.84. The summed E-state index contributed by atoms with van der Waals surface area (Å²) in [6, 6.07) is 5.59. The summed E-state index contributed by atoms with van der Waals surface area (Å²) in [7, 11) is 1.86. The molecule has 2 N–H and O–H groups in total. The number of nitrogens with zero attached hydrogens (tertiary/aromatic N) is 6. The van der Waals surface area contributed by atoms with E-state index in [1.165, 1.54) is 0 Å². The monoisotopic (exact) mass is 333 g/mol. The molecule has 0 unspecified atom stereocenters. The van der Waals surface area contributed by atoms with Gasteiger partial charge in [-0.3, -0.25) is 4.68 Å². The van der Waals surface area contributed by atoms with Gasteiger partial charge in [-0.15, -0.1) is 5.10 Å². The Hall–Kier alpha value is -2.22. The van der Waals surface area contributed by atoms with Gasteiger partial charge in [-0.25, -0.2) is 0 Å². The van der Waals surface area contributed by atoms with Gasteiger partial charge in [0.25, 0.3) is 0 Å². The molecule has 8 heteroatoms. The smallest absolute Gasteiger partial charge is 0.188 e. The summed E-state index contributed by atoms with van der Waals surface area (Å²) in [4.78, 5) is 0. The van der Waals surface area contributed by atoms with E-state index < -0.39 is 0 Å². The molecule has 0 radical (unpaired) electrons. The molecule has 0 saturated carbocycles. The predicted molar refractivity (Wildman–Crippen MR) is 78.2 cm³/mol. The first-order valence-corrected chi connectivity index (χ1v) is 6.70. The molecule has 7 nitrogen and oxygen atoms in total. The molecule has 0 fully saturated rings. The van der Waals surface area contributed by atoms with Crippen molar-refractivity contribution in [3.8, 4) is 17.1 Å². The van der Waals surface area contributed by atoms with E-state index in [-0.39, 0.29) is 0 Å². The standard InChI is InChI=1S/C12H12BrN7/c1-7-10(6-19(2)16-7)20-12(15-17-18-20)8-4-3-5-9(14)11(8)13/h3-6H,14H2,1-2H3. The second kappa shape index (κ2) is 4.71. The molecule has 102 valence electrons. The van der Waals surface area contributed by atoms with Crippen molar-refractivity contribution >= 4 is 21.6 Å². The maximum Gasteiger partial charge on any atom is 0.188 e. The van der Waals surface area contributed by atoms with Crippen molar-refractivity contribution in [2.45, 2.75) is 6.92 Å². The second-order valence-electron chi connectivity index (χ2n) is 4.40. The Labute approximate surface area is 123 Å². The van der Waals surface area contributed by atoms with Gasteiger partial charge in [-0.1, -0.05) is 6.07 Å². The highest BCUT2D eigenvalue weighted by Crippen LogP contribution is 2.32. The average Bonchev–Trinajstić information content (AvgIpc) is 2.99. The van der Waals surface area contributed by atoms with Gasteiger partial charge in [0.2, 0.25) is 0 Å². The number of hydrogen-bond acceptors (Lipinski definition) is 5. The minimum Gasteiger partial charge on any atom is -0.398 e. The van der Waals surface area contributed by atoms with E-state index in [0.717, 1.165) is 21.4 Å². The molecule has 3 aromatic rings. The van der Waals surface area contributed by atoms with Gasteiger partial charge in [-0.2, -0.15) is 9.78 Å². The van der Waals surface area contributed by atoms with E-state index in [4.69, 9.17) is 5.73 Å². The first kappa shape index (κ1) is 12.8. The molecular formula is C12H12BrN7.